The van der Waals surface area contributed by atoms with Crippen LogP contribution in [0.15, 0.2) is 11.2 Å². The minimum absolute atomic E-state index is 0.0341. The van der Waals surface area contributed by atoms with Gasteiger partial charge in [-0.05, 0) is 0 Å². The summed E-state index contributed by atoms with van der Waals surface area (Å²) in [7, 11) is -2.91. The molecular weight excluding hydrogens is 242 g/mol. The van der Waals surface area contributed by atoms with Gasteiger partial charge in [0.05, 0.1) is 12.7 Å². The standard InChI is InChI=1S/C7H12F2N4O2S/c1-13(4-6(8)9)16(14,15)7-5(2-10)3-11-12-7/h3,6H,2,4,10H2,1H3,(H,11,12). The van der Waals surface area contributed by atoms with Gasteiger partial charge in [-0.3, -0.25) is 5.10 Å². The van der Waals surface area contributed by atoms with Gasteiger partial charge in [0.15, 0.2) is 5.03 Å². The first-order valence-electron chi connectivity index (χ1n) is 4.36. The molecule has 0 atom stereocenters. The molecule has 0 aliphatic heterocycles. The van der Waals surface area contributed by atoms with Gasteiger partial charge in [-0.15, -0.1) is 0 Å². The van der Waals surface area contributed by atoms with Crippen LogP contribution >= 0.6 is 0 Å². The van der Waals surface area contributed by atoms with Crippen LogP contribution < -0.4 is 5.73 Å². The second-order valence-electron chi connectivity index (χ2n) is 3.11. The van der Waals surface area contributed by atoms with Crippen molar-refractivity contribution >= 4 is 10.0 Å². The molecule has 0 aromatic carbocycles. The number of hydrogen-bond acceptors (Lipinski definition) is 4. The zero-order chi connectivity index (χ0) is 12.3. The topological polar surface area (TPSA) is 92.1 Å². The number of rotatable bonds is 5. The summed E-state index contributed by atoms with van der Waals surface area (Å²) in [5.41, 5.74) is 5.57. The molecule has 92 valence electrons. The number of nitrogens with two attached hydrogens (primary N) is 1. The minimum Gasteiger partial charge on any atom is -0.326 e. The number of H-pyrrole nitrogens is 1. The molecule has 0 aliphatic carbocycles. The van der Waals surface area contributed by atoms with Crippen molar-refractivity contribution in [1.82, 2.24) is 14.5 Å². The van der Waals surface area contributed by atoms with E-state index >= 15 is 0 Å². The summed E-state index contributed by atoms with van der Waals surface area (Å²) in [6.07, 6.45) is -1.48. The third kappa shape index (κ3) is 2.54. The molecule has 1 rings (SSSR count). The number of alkyl halides is 2. The third-order valence-electron chi connectivity index (χ3n) is 1.96. The van der Waals surface area contributed by atoms with E-state index in [4.69, 9.17) is 5.73 Å². The fourth-order valence-corrected chi connectivity index (χ4v) is 2.37. The SMILES string of the molecule is CN(CC(F)F)S(=O)(=O)c1[nH]ncc1CN. The van der Waals surface area contributed by atoms with E-state index in [1.165, 1.54) is 6.20 Å². The van der Waals surface area contributed by atoms with Gasteiger partial charge in [0.2, 0.25) is 0 Å². The molecule has 1 aromatic heterocycles. The predicted octanol–water partition coefficient (Wildman–Crippen LogP) is -0.246. The number of aromatic amines is 1. The van der Waals surface area contributed by atoms with Gasteiger partial charge in [-0.2, -0.15) is 9.40 Å². The van der Waals surface area contributed by atoms with Crippen LogP contribution in [0.4, 0.5) is 8.78 Å². The van der Waals surface area contributed by atoms with Gasteiger partial charge in [-0.1, -0.05) is 0 Å². The van der Waals surface area contributed by atoms with Gasteiger partial charge >= 0.3 is 0 Å². The maximum Gasteiger partial charge on any atom is 0.260 e. The molecule has 0 saturated carbocycles. The van der Waals surface area contributed by atoms with Gasteiger partial charge < -0.3 is 5.73 Å². The summed E-state index contributed by atoms with van der Waals surface area (Å²) in [5.74, 6) is 0. The first kappa shape index (κ1) is 13.0. The maximum absolute atomic E-state index is 12.1. The number of sulfonamides is 1. The maximum atomic E-state index is 12.1. The lowest BCUT2D eigenvalue weighted by atomic mass is 10.4. The number of nitrogens with one attached hydrogen (secondary N) is 1. The molecule has 0 aliphatic rings. The van der Waals surface area contributed by atoms with Crippen molar-refractivity contribution in [2.75, 3.05) is 13.6 Å². The van der Waals surface area contributed by atoms with Crippen molar-refractivity contribution < 1.29 is 17.2 Å². The van der Waals surface area contributed by atoms with Gasteiger partial charge in [0.25, 0.3) is 16.4 Å². The minimum atomic E-state index is -3.98. The Balaban J connectivity index is 3.02. The molecular formula is C7H12F2N4O2S. The molecule has 0 fully saturated rings. The fraction of sp³-hybridized carbons (Fsp3) is 0.571. The Bertz CT molecular complexity index is 445. The van der Waals surface area contributed by atoms with E-state index in [-0.39, 0.29) is 17.1 Å². The lowest BCUT2D eigenvalue weighted by Crippen LogP contribution is -2.32. The Morgan fingerprint density at radius 1 is 1.62 bits per heavy atom. The molecule has 0 unspecified atom stereocenters. The Morgan fingerprint density at radius 3 is 2.75 bits per heavy atom. The van der Waals surface area contributed by atoms with Crippen LogP contribution in [0.5, 0.6) is 0 Å². The van der Waals surface area contributed by atoms with Gasteiger partial charge in [0, 0.05) is 19.2 Å². The van der Waals surface area contributed by atoms with Crippen LogP contribution in [-0.4, -0.2) is 42.9 Å². The average molecular weight is 254 g/mol. The Morgan fingerprint density at radius 2 is 2.25 bits per heavy atom. The summed E-state index contributed by atoms with van der Waals surface area (Å²) >= 11 is 0. The summed E-state index contributed by atoms with van der Waals surface area (Å²) < 4.78 is 48.3. The van der Waals surface area contributed by atoms with Gasteiger partial charge in [0.1, 0.15) is 0 Å². The second kappa shape index (κ2) is 4.85. The van der Waals surface area contributed by atoms with Crippen molar-refractivity contribution in [3.05, 3.63) is 11.8 Å². The van der Waals surface area contributed by atoms with E-state index in [1.54, 1.807) is 0 Å². The average Bonchev–Trinajstić information content (AvgIpc) is 2.64. The van der Waals surface area contributed by atoms with Crippen LogP contribution in [0.1, 0.15) is 5.56 Å². The summed E-state index contributed by atoms with van der Waals surface area (Å²) in [5, 5.41) is 5.53. The summed E-state index contributed by atoms with van der Waals surface area (Å²) in [6, 6.07) is 0. The molecule has 3 N–H and O–H groups in total. The van der Waals surface area contributed by atoms with Crippen LogP contribution in [0.3, 0.4) is 0 Å². The summed E-state index contributed by atoms with van der Waals surface area (Å²) in [6.45, 7) is -0.904. The highest BCUT2D eigenvalue weighted by molar-refractivity contribution is 7.89. The van der Waals surface area contributed by atoms with E-state index in [1.807, 2.05) is 0 Å². The molecule has 16 heavy (non-hydrogen) atoms. The first-order valence-corrected chi connectivity index (χ1v) is 5.80. The van der Waals surface area contributed by atoms with Crippen LogP contribution in [0, 0.1) is 0 Å². The highest BCUT2D eigenvalue weighted by Crippen LogP contribution is 2.16. The van der Waals surface area contributed by atoms with Crippen molar-refractivity contribution in [3.63, 3.8) is 0 Å². The number of nitrogens with zero attached hydrogens (tertiary/aromatic N) is 2. The molecule has 0 radical (unpaired) electrons. The third-order valence-corrected chi connectivity index (χ3v) is 3.80. The first-order chi connectivity index (χ1) is 7.39. The van der Waals surface area contributed by atoms with E-state index in [2.05, 4.69) is 10.2 Å². The molecule has 0 saturated heterocycles. The molecule has 0 bridgehead atoms. The highest BCUT2D eigenvalue weighted by atomic mass is 32.2. The van der Waals surface area contributed by atoms with Crippen LogP contribution in [-0.2, 0) is 16.6 Å². The lowest BCUT2D eigenvalue weighted by molar-refractivity contribution is 0.126. The van der Waals surface area contributed by atoms with Crippen molar-refractivity contribution in [2.45, 2.75) is 18.0 Å². The monoisotopic (exact) mass is 254 g/mol. The molecule has 0 amide bonds. The predicted molar refractivity (Wildman–Crippen MR) is 52.3 cm³/mol. The largest absolute Gasteiger partial charge is 0.326 e. The molecule has 0 spiro atoms. The van der Waals surface area contributed by atoms with Crippen molar-refractivity contribution in [3.8, 4) is 0 Å². The smallest absolute Gasteiger partial charge is 0.260 e. The van der Waals surface area contributed by atoms with Crippen LogP contribution in [0.25, 0.3) is 0 Å². The van der Waals surface area contributed by atoms with Gasteiger partial charge in [-0.25, -0.2) is 17.2 Å². The van der Waals surface area contributed by atoms with E-state index in [9.17, 15) is 17.2 Å². The Hall–Kier alpha value is -1.06. The number of aromatic nitrogens is 2. The van der Waals surface area contributed by atoms with E-state index in [0.29, 0.717) is 4.31 Å². The number of halogens is 2. The fourth-order valence-electron chi connectivity index (χ4n) is 1.12. The Labute approximate surface area is 91.5 Å². The lowest BCUT2D eigenvalue weighted by Gasteiger charge is -2.15. The van der Waals surface area contributed by atoms with Crippen molar-refractivity contribution in [1.29, 1.82) is 0 Å². The van der Waals surface area contributed by atoms with E-state index in [0.717, 1.165) is 7.05 Å². The highest BCUT2D eigenvalue weighted by Gasteiger charge is 2.27. The Kier molecular flexibility index (Phi) is 3.94. The van der Waals surface area contributed by atoms with E-state index < -0.39 is 23.0 Å². The molecule has 1 heterocycles. The normalized spacial score (nSPS) is 12.6. The second-order valence-corrected chi connectivity index (χ2v) is 5.09. The molecule has 9 heteroatoms. The zero-order valence-corrected chi connectivity index (χ0v) is 9.34. The zero-order valence-electron chi connectivity index (χ0n) is 8.52. The van der Waals surface area contributed by atoms with Crippen molar-refractivity contribution in [2.24, 2.45) is 5.73 Å². The van der Waals surface area contributed by atoms with Crippen LogP contribution in [0.2, 0.25) is 0 Å². The molecule has 6 nitrogen and oxygen atoms in total. The summed E-state index contributed by atoms with van der Waals surface area (Å²) in [4.78, 5) is 0. The quantitative estimate of drug-likeness (QED) is 0.758. The molecule has 1 aromatic rings. The number of hydrogen-bond donors (Lipinski definition) is 2.